The molecule has 2 aromatic carbocycles. The molecule has 0 aromatic heterocycles. The molecule has 2 rings (SSSR count). The molecule has 0 radical (unpaired) electrons. The second-order valence-corrected chi connectivity index (χ2v) is 5.69. The molecule has 2 aromatic rings. The Balaban J connectivity index is 1.93. The van der Waals surface area contributed by atoms with Crippen LogP contribution in [0, 0.1) is 0 Å². The van der Waals surface area contributed by atoms with Crippen molar-refractivity contribution in [3.8, 4) is 5.75 Å². The highest BCUT2D eigenvalue weighted by molar-refractivity contribution is 5.94. The van der Waals surface area contributed by atoms with Crippen molar-refractivity contribution >= 4 is 17.3 Å². The van der Waals surface area contributed by atoms with Gasteiger partial charge in [0, 0.05) is 25.5 Å². The molecule has 0 fully saturated rings. The lowest BCUT2D eigenvalue weighted by Crippen LogP contribution is -2.30. The van der Waals surface area contributed by atoms with Crippen LogP contribution in [0.2, 0.25) is 0 Å². The molecule has 0 saturated carbocycles. The fraction of sp³-hybridized carbons (Fsp3) is 0.316. The molecule has 1 amide bonds. The number of aryl methyl sites for hydroxylation is 1. The Bertz CT molecular complexity index is 633. The summed E-state index contributed by atoms with van der Waals surface area (Å²) >= 11 is 0. The van der Waals surface area contributed by atoms with Crippen LogP contribution >= 0.6 is 0 Å². The molecule has 23 heavy (non-hydrogen) atoms. The maximum atomic E-state index is 12.2. The van der Waals surface area contributed by atoms with E-state index in [-0.39, 0.29) is 5.91 Å². The number of nitrogens with zero attached hydrogens (tertiary/aromatic N) is 1. The first-order valence-electron chi connectivity index (χ1n) is 7.83. The largest absolute Gasteiger partial charge is 0.481 e. The zero-order chi connectivity index (χ0) is 16.8. The highest BCUT2D eigenvalue weighted by Crippen LogP contribution is 2.17. The van der Waals surface area contributed by atoms with Crippen molar-refractivity contribution in [3.05, 3.63) is 54.1 Å². The van der Waals surface area contributed by atoms with Gasteiger partial charge in [-0.1, -0.05) is 19.1 Å². The van der Waals surface area contributed by atoms with Gasteiger partial charge in [0.1, 0.15) is 5.75 Å². The van der Waals surface area contributed by atoms with Crippen molar-refractivity contribution in [2.45, 2.75) is 26.4 Å². The van der Waals surface area contributed by atoms with E-state index in [4.69, 9.17) is 4.74 Å². The predicted molar refractivity (Wildman–Crippen MR) is 95.3 cm³/mol. The number of benzene rings is 2. The van der Waals surface area contributed by atoms with E-state index in [0.29, 0.717) is 5.75 Å². The molecule has 4 heteroatoms. The van der Waals surface area contributed by atoms with E-state index in [9.17, 15) is 4.79 Å². The highest BCUT2D eigenvalue weighted by Gasteiger charge is 2.14. The van der Waals surface area contributed by atoms with E-state index in [1.165, 1.54) is 5.56 Å². The Morgan fingerprint density at radius 3 is 2.22 bits per heavy atom. The van der Waals surface area contributed by atoms with Gasteiger partial charge in [0.15, 0.2) is 6.10 Å². The summed E-state index contributed by atoms with van der Waals surface area (Å²) in [5.74, 6) is 0.537. The first-order valence-corrected chi connectivity index (χ1v) is 7.83. The quantitative estimate of drug-likeness (QED) is 0.884. The van der Waals surface area contributed by atoms with Gasteiger partial charge in [-0.2, -0.15) is 0 Å². The summed E-state index contributed by atoms with van der Waals surface area (Å²) in [6, 6.07) is 15.5. The van der Waals surface area contributed by atoms with Crippen LogP contribution in [0.15, 0.2) is 48.5 Å². The van der Waals surface area contributed by atoms with Crippen LogP contribution in [0.3, 0.4) is 0 Å². The van der Waals surface area contributed by atoms with Gasteiger partial charge in [-0.3, -0.25) is 4.79 Å². The second kappa shape index (κ2) is 7.68. The number of amides is 1. The number of hydrogen-bond acceptors (Lipinski definition) is 3. The zero-order valence-electron chi connectivity index (χ0n) is 14.2. The van der Waals surface area contributed by atoms with Gasteiger partial charge < -0.3 is 15.0 Å². The predicted octanol–water partition coefficient (Wildman–Crippen LogP) is 3.72. The SMILES string of the molecule is CCc1ccc(OC(C)C(=O)Nc2ccc(N(C)C)cc2)cc1. The molecule has 1 unspecified atom stereocenters. The number of ether oxygens (including phenoxy) is 1. The van der Waals surface area contributed by atoms with Gasteiger partial charge in [-0.25, -0.2) is 0 Å². The molecule has 0 heterocycles. The molecule has 0 spiro atoms. The average molecular weight is 312 g/mol. The lowest BCUT2D eigenvalue weighted by Gasteiger charge is -2.16. The van der Waals surface area contributed by atoms with E-state index in [0.717, 1.165) is 17.8 Å². The smallest absolute Gasteiger partial charge is 0.265 e. The zero-order valence-corrected chi connectivity index (χ0v) is 14.2. The minimum Gasteiger partial charge on any atom is -0.481 e. The van der Waals surface area contributed by atoms with E-state index < -0.39 is 6.10 Å². The normalized spacial score (nSPS) is 11.7. The summed E-state index contributed by atoms with van der Waals surface area (Å²) in [7, 11) is 3.96. The molecule has 0 aliphatic carbocycles. The summed E-state index contributed by atoms with van der Waals surface area (Å²) in [4.78, 5) is 14.2. The Hall–Kier alpha value is -2.49. The van der Waals surface area contributed by atoms with Gasteiger partial charge in [0.25, 0.3) is 5.91 Å². The van der Waals surface area contributed by atoms with E-state index in [1.807, 2.05) is 67.5 Å². The number of anilines is 2. The summed E-state index contributed by atoms with van der Waals surface area (Å²) < 4.78 is 5.69. The Morgan fingerprint density at radius 2 is 1.70 bits per heavy atom. The molecular weight excluding hydrogens is 288 g/mol. The summed E-state index contributed by atoms with van der Waals surface area (Å²) in [6.07, 6.45) is 0.426. The lowest BCUT2D eigenvalue weighted by atomic mass is 10.2. The molecule has 1 atom stereocenters. The van der Waals surface area contributed by atoms with Gasteiger partial charge in [-0.05, 0) is 55.3 Å². The summed E-state index contributed by atoms with van der Waals surface area (Å²) in [5, 5.41) is 2.87. The van der Waals surface area contributed by atoms with Crippen LogP contribution in [0.25, 0.3) is 0 Å². The van der Waals surface area contributed by atoms with Crippen LogP contribution < -0.4 is 15.0 Å². The molecule has 4 nitrogen and oxygen atoms in total. The third-order valence-electron chi connectivity index (χ3n) is 3.66. The van der Waals surface area contributed by atoms with E-state index in [1.54, 1.807) is 6.92 Å². The maximum Gasteiger partial charge on any atom is 0.265 e. The molecular formula is C19H24N2O2. The second-order valence-electron chi connectivity index (χ2n) is 5.69. The first kappa shape index (κ1) is 16.9. The molecule has 0 aliphatic heterocycles. The van der Waals surface area contributed by atoms with Gasteiger partial charge in [0.2, 0.25) is 0 Å². The molecule has 0 saturated heterocycles. The van der Waals surface area contributed by atoms with E-state index >= 15 is 0 Å². The Kier molecular flexibility index (Phi) is 5.63. The van der Waals surface area contributed by atoms with Crippen molar-refractivity contribution in [2.75, 3.05) is 24.3 Å². The third-order valence-corrected chi connectivity index (χ3v) is 3.66. The Labute approximate surface area is 138 Å². The molecule has 122 valence electrons. The van der Waals surface area contributed by atoms with Crippen molar-refractivity contribution < 1.29 is 9.53 Å². The van der Waals surface area contributed by atoms with Crippen molar-refractivity contribution in [1.29, 1.82) is 0 Å². The molecule has 0 bridgehead atoms. The number of carbonyl (C=O) groups is 1. The fourth-order valence-electron chi connectivity index (χ4n) is 2.15. The van der Waals surface area contributed by atoms with Crippen LogP contribution in [0.5, 0.6) is 5.75 Å². The standard InChI is InChI=1S/C19H24N2O2/c1-5-15-6-12-18(13-7-15)23-14(2)19(22)20-16-8-10-17(11-9-16)21(3)4/h6-14H,5H2,1-4H3,(H,20,22). The highest BCUT2D eigenvalue weighted by atomic mass is 16.5. The number of hydrogen-bond donors (Lipinski definition) is 1. The van der Waals surface area contributed by atoms with E-state index in [2.05, 4.69) is 12.2 Å². The van der Waals surface area contributed by atoms with Crippen LogP contribution in [0.4, 0.5) is 11.4 Å². The number of rotatable bonds is 6. The fourth-order valence-corrected chi connectivity index (χ4v) is 2.15. The number of nitrogens with one attached hydrogen (secondary N) is 1. The van der Waals surface area contributed by atoms with Crippen LogP contribution in [-0.4, -0.2) is 26.1 Å². The van der Waals surface area contributed by atoms with Crippen LogP contribution in [0.1, 0.15) is 19.4 Å². The monoisotopic (exact) mass is 312 g/mol. The topological polar surface area (TPSA) is 41.6 Å². The van der Waals surface area contributed by atoms with Gasteiger partial charge >= 0.3 is 0 Å². The first-order chi connectivity index (χ1) is 11.0. The summed E-state index contributed by atoms with van der Waals surface area (Å²) in [6.45, 7) is 3.85. The lowest BCUT2D eigenvalue weighted by molar-refractivity contribution is -0.122. The van der Waals surface area contributed by atoms with Crippen LogP contribution in [-0.2, 0) is 11.2 Å². The molecule has 0 aliphatic rings. The minimum atomic E-state index is -0.559. The van der Waals surface area contributed by atoms with Gasteiger partial charge in [0.05, 0.1) is 0 Å². The third kappa shape index (κ3) is 4.74. The Morgan fingerprint density at radius 1 is 1.09 bits per heavy atom. The van der Waals surface area contributed by atoms with Crippen molar-refractivity contribution in [2.24, 2.45) is 0 Å². The molecule has 1 N–H and O–H groups in total. The maximum absolute atomic E-state index is 12.2. The van der Waals surface area contributed by atoms with Crippen molar-refractivity contribution in [1.82, 2.24) is 0 Å². The summed E-state index contributed by atoms with van der Waals surface area (Å²) in [5.41, 5.74) is 3.09. The van der Waals surface area contributed by atoms with Crippen molar-refractivity contribution in [3.63, 3.8) is 0 Å². The average Bonchev–Trinajstić information content (AvgIpc) is 2.56. The van der Waals surface area contributed by atoms with Gasteiger partial charge in [-0.15, -0.1) is 0 Å². The number of carbonyl (C=O) groups excluding carboxylic acids is 1. The minimum absolute atomic E-state index is 0.165.